The third kappa shape index (κ3) is 1.16. The number of benzene rings is 1. The monoisotopic (exact) mass is 159 g/mol. The molecular weight excluding hydrogens is 148 g/mol. The molecule has 1 radical (unpaired) electrons. The predicted molar refractivity (Wildman–Crippen MR) is 49.4 cm³/mol. The fraction of sp³-hybridized carbons (Fsp3) is 0.182. The summed E-state index contributed by atoms with van der Waals surface area (Å²) in [5.41, 5.74) is 2.48. The maximum Gasteiger partial charge on any atom is 0.130 e. The zero-order valence-electron chi connectivity index (χ0n) is 7.08. The fourth-order valence-electron chi connectivity index (χ4n) is 1.49. The van der Waals surface area contributed by atoms with E-state index in [2.05, 4.69) is 24.3 Å². The quantitative estimate of drug-likeness (QED) is 0.612. The summed E-state index contributed by atoms with van der Waals surface area (Å²) in [7, 11) is 1.73. The molecular formula is C11H11O. The van der Waals surface area contributed by atoms with Gasteiger partial charge in [-0.3, -0.25) is 0 Å². The first-order chi connectivity index (χ1) is 5.92. The van der Waals surface area contributed by atoms with Crippen LogP contribution in [0.4, 0.5) is 0 Å². The van der Waals surface area contributed by atoms with Crippen molar-refractivity contribution in [2.45, 2.75) is 6.42 Å². The molecule has 61 valence electrons. The molecule has 0 fully saturated rings. The van der Waals surface area contributed by atoms with Crippen LogP contribution >= 0.6 is 0 Å². The number of rotatable bonds is 1. The van der Waals surface area contributed by atoms with Crippen LogP contribution in [0, 0.1) is 6.10 Å². The van der Waals surface area contributed by atoms with E-state index < -0.39 is 0 Å². The molecule has 0 saturated heterocycles. The van der Waals surface area contributed by atoms with Gasteiger partial charge >= 0.3 is 0 Å². The standard InChI is InChI=1S/C11H11O/c1-12-11-8-4-6-9-5-2-3-7-10(9)11/h2-7H,8H2,1H3. The van der Waals surface area contributed by atoms with Crippen LogP contribution in [0.1, 0.15) is 17.5 Å². The summed E-state index contributed by atoms with van der Waals surface area (Å²) in [6.45, 7) is 0. The van der Waals surface area contributed by atoms with Crippen LogP contribution in [0.15, 0.2) is 30.3 Å². The van der Waals surface area contributed by atoms with Gasteiger partial charge in [-0.25, -0.2) is 0 Å². The molecule has 1 heteroatoms. The Morgan fingerprint density at radius 2 is 2.08 bits per heavy atom. The molecule has 0 atom stereocenters. The highest BCUT2D eigenvalue weighted by Crippen LogP contribution is 2.28. The number of hydrogen-bond donors (Lipinski definition) is 0. The van der Waals surface area contributed by atoms with Gasteiger partial charge in [0.25, 0.3) is 0 Å². The number of fused-ring (bicyclic) bond motifs is 1. The van der Waals surface area contributed by atoms with Crippen molar-refractivity contribution in [2.24, 2.45) is 0 Å². The van der Waals surface area contributed by atoms with Gasteiger partial charge in [0.1, 0.15) is 6.10 Å². The molecule has 0 heterocycles. The van der Waals surface area contributed by atoms with Crippen LogP contribution in [0.25, 0.3) is 6.08 Å². The van der Waals surface area contributed by atoms with Gasteiger partial charge < -0.3 is 4.74 Å². The topological polar surface area (TPSA) is 9.23 Å². The van der Waals surface area contributed by atoms with Gasteiger partial charge in [-0.2, -0.15) is 0 Å². The van der Waals surface area contributed by atoms with Gasteiger partial charge in [0.05, 0.1) is 0 Å². The van der Waals surface area contributed by atoms with E-state index in [4.69, 9.17) is 4.74 Å². The maximum absolute atomic E-state index is 5.28. The fourth-order valence-corrected chi connectivity index (χ4v) is 1.49. The Hall–Kier alpha value is -1.08. The summed E-state index contributed by atoms with van der Waals surface area (Å²) in [6.07, 6.45) is 6.24. The molecule has 12 heavy (non-hydrogen) atoms. The van der Waals surface area contributed by atoms with E-state index in [9.17, 15) is 0 Å². The number of ether oxygens (including phenoxy) is 1. The second kappa shape index (κ2) is 3.11. The van der Waals surface area contributed by atoms with Crippen molar-refractivity contribution in [1.82, 2.24) is 0 Å². The minimum absolute atomic E-state index is 0.910. The normalized spacial score (nSPS) is 16.1. The highest BCUT2D eigenvalue weighted by Gasteiger charge is 2.15. The average molecular weight is 159 g/mol. The van der Waals surface area contributed by atoms with Gasteiger partial charge in [-0.1, -0.05) is 36.4 Å². The van der Waals surface area contributed by atoms with Crippen molar-refractivity contribution in [3.8, 4) is 0 Å². The van der Waals surface area contributed by atoms with Gasteiger partial charge in [0.2, 0.25) is 0 Å². The summed E-state index contributed by atoms with van der Waals surface area (Å²) in [4.78, 5) is 0. The van der Waals surface area contributed by atoms with Crippen molar-refractivity contribution in [1.29, 1.82) is 0 Å². The van der Waals surface area contributed by atoms with Crippen molar-refractivity contribution < 1.29 is 4.74 Å². The minimum Gasteiger partial charge on any atom is -0.370 e. The highest BCUT2D eigenvalue weighted by molar-refractivity contribution is 5.60. The molecule has 1 aliphatic carbocycles. The Balaban J connectivity index is 2.45. The van der Waals surface area contributed by atoms with Crippen molar-refractivity contribution in [2.75, 3.05) is 7.11 Å². The Labute approximate surface area is 72.7 Å². The molecule has 1 nitrogen and oxygen atoms in total. The summed E-state index contributed by atoms with van der Waals surface area (Å²) in [5, 5.41) is 0. The number of hydrogen-bond acceptors (Lipinski definition) is 1. The number of methoxy groups -OCH3 is 1. The zero-order valence-corrected chi connectivity index (χ0v) is 7.08. The Morgan fingerprint density at radius 3 is 2.92 bits per heavy atom. The first-order valence-corrected chi connectivity index (χ1v) is 4.07. The molecule has 0 unspecified atom stereocenters. The SMILES string of the molecule is CO[C]1CC=Cc2ccccc21. The van der Waals surface area contributed by atoms with Crippen LogP contribution in [0.2, 0.25) is 0 Å². The average Bonchev–Trinajstić information content (AvgIpc) is 2.17. The second-order valence-corrected chi connectivity index (χ2v) is 2.82. The molecule has 1 aromatic carbocycles. The molecule has 0 amide bonds. The third-order valence-corrected chi connectivity index (χ3v) is 2.11. The molecule has 0 bridgehead atoms. The largest absolute Gasteiger partial charge is 0.370 e. The van der Waals surface area contributed by atoms with E-state index in [0.717, 1.165) is 12.5 Å². The van der Waals surface area contributed by atoms with Crippen molar-refractivity contribution >= 4 is 6.08 Å². The summed E-state index contributed by atoms with van der Waals surface area (Å²) in [6, 6.07) is 8.28. The summed E-state index contributed by atoms with van der Waals surface area (Å²) in [5.74, 6) is 0. The molecule has 0 saturated carbocycles. The van der Waals surface area contributed by atoms with Gasteiger partial charge in [0, 0.05) is 13.5 Å². The van der Waals surface area contributed by atoms with Crippen molar-refractivity contribution in [3.63, 3.8) is 0 Å². The van der Waals surface area contributed by atoms with Crippen LogP contribution in [0.3, 0.4) is 0 Å². The smallest absolute Gasteiger partial charge is 0.130 e. The zero-order chi connectivity index (χ0) is 8.39. The van der Waals surface area contributed by atoms with Gasteiger partial charge in [-0.15, -0.1) is 0 Å². The molecule has 2 rings (SSSR count). The van der Waals surface area contributed by atoms with Crippen LogP contribution in [-0.4, -0.2) is 7.11 Å². The van der Waals surface area contributed by atoms with E-state index in [1.807, 2.05) is 12.1 Å². The van der Waals surface area contributed by atoms with E-state index in [0.29, 0.717) is 0 Å². The lowest BCUT2D eigenvalue weighted by atomic mass is 9.95. The summed E-state index contributed by atoms with van der Waals surface area (Å²) < 4.78 is 5.28. The first-order valence-electron chi connectivity index (χ1n) is 4.07. The van der Waals surface area contributed by atoms with E-state index in [1.54, 1.807) is 7.11 Å². The van der Waals surface area contributed by atoms with E-state index >= 15 is 0 Å². The second-order valence-electron chi connectivity index (χ2n) is 2.82. The Kier molecular flexibility index (Phi) is 1.96. The lowest BCUT2D eigenvalue weighted by Gasteiger charge is -2.18. The summed E-state index contributed by atoms with van der Waals surface area (Å²) >= 11 is 0. The lowest BCUT2D eigenvalue weighted by Crippen LogP contribution is -2.06. The molecule has 0 spiro atoms. The van der Waals surface area contributed by atoms with Crippen LogP contribution < -0.4 is 0 Å². The molecule has 1 aromatic rings. The highest BCUT2D eigenvalue weighted by atomic mass is 16.5. The van der Waals surface area contributed by atoms with Crippen molar-refractivity contribution in [3.05, 3.63) is 47.6 Å². The maximum atomic E-state index is 5.28. The molecule has 1 aliphatic rings. The van der Waals surface area contributed by atoms with E-state index in [1.165, 1.54) is 11.1 Å². The molecule has 0 N–H and O–H groups in total. The van der Waals surface area contributed by atoms with E-state index in [-0.39, 0.29) is 0 Å². The van der Waals surface area contributed by atoms with Crippen LogP contribution in [0.5, 0.6) is 0 Å². The predicted octanol–water partition coefficient (Wildman–Crippen LogP) is 2.63. The third-order valence-electron chi connectivity index (χ3n) is 2.11. The first kappa shape index (κ1) is 7.56. The Morgan fingerprint density at radius 1 is 1.25 bits per heavy atom. The van der Waals surface area contributed by atoms with Crippen LogP contribution in [-0.2, 0) is 4.74 Å². The minimum atomic E-state index is 0.910. The molecule has 0 aliphatic heterocycles. The molecule has 0 aromatic heterocycles. The van der Waals surface area contributed by atoms with Gasteiger partial charge in [0.15, 0.2) is 0 Å². The Bertz CT molecular complexity index is 302. The lowest BCUT2D eigenvalue weighted by molar-refractivity contribution is 0.225. The van der Waals surface area contributed by atoms with Gasteiger partial charge in [-0.05, 0) is 11.1 Å².